The number of nitrogens with one attached hydrogen (secondary N) is 2. The monoisotopic (exact) mass is 442 g/mol. The van der Waals surface area contributed by atoms with Crippen LogP contribution in [0.1, 0.15) is 18.9 Å². The number of guanidine groups is 1. The Kier molecular flexibility index (Phi) is 8.86. The Labute approximate surface area is 190 Å². The molecule has 0 spiro atoms. The summed E-state index contributed by atoms with van der Waals surface area (Å²) in [5.74, 6) is 2.93. The lowest BCUT2D eigenvalue weighted by atomic mass is 10.2. The van der Waals surface area contributed by atoms with Crippen molar-refractivity contribution in [2.24, 2.45) is 4.99 Å². The summed E-state index contributed by atoms with van der Waals surface area (Å²) in [6.07, 6.45) is 1.02. The van der Waals surface area contributed by atoms with Crippen molar-refractivity contribution in [1.29, 1.82) is 0 Å². The predicted molar refractivity (Wildman–Crippen MR) is 127 cm³/mol. The van der Waals surface area contributed by atoms with Crippen LogP contribution in [-0.2, 0) is 6.54 Å². The SMILES string of the molecule is CCNC(=NCc1ccc(OCCO)c(OC)c1)NC1CCN(c2ccccc2OC)C1. The van der Waals surface area contributed by atoms with Gasteiger partial charge in [-0.15, -0.1) is 0 Å². The third kappa shape index (κ3) is 6.20. The number of para-hydroxylation sites is 2. The Balaban J connectivity index is 1.63. The standard InChI is InChI=1S/C24H34N4O4/c1-4-25-24(26-16-18-9-10-22(32-14-13-29)23(15-18)31-3)27-19-11-12-28(17-19)20-7-5-6-8-21(20)30-2/h5-10,15,19,29H,4,11-14,16-17H2,1-3H3,(H2,25,26,27). The molecule has 2 aromatic rings. The summed E-state index contributed by atoms with van der Waals surface area (Å²) < 4.78 is 16.4. The van der Waals surface area contributed by atoms with Crippen molar-refractivity contribution < 1.29 is 19.3 Å². The molecule has 174 valence electrons. The van der Waals surface area contributed by atoms with Crippen molar-refractivity contribution >= 4 is 11.6 Å². The smallest absolute Gasteiger partial charge is 0.191 e. The van der Waals surface area contributed by atoms with E-state index in [1.165, 1.54) is 0 Å². The average Bonchev–Trinajstić information content (AvgIpc) is 3.29. The summed E-state index contributed by atoms with van der Waals surface area (Å²) in [7, 11) is 3.31. The minimum atomic E-state index is -0.0391. The van der Waals surface area contributed by atoms with E-state index in [9.17, 15) is 0 Å². The van der Waals surface area contributed by atoms with Gasteiger partial charge < -0.3 is 34.9 Å². The molecule has 1 aliphatic heterocycles. The van der Waals surface area contributed by atoms with Crippen LogP contribution < -0.4 is 29.7 Å². The number of benzene rings is 2. The molecule has 0 saturated carbocycles. The molecule has 0 amide bonds. The highest BCUT2D eigenvalue weighted by molar-refractivity contribution is 5.80. The van der Waals surface area contributed by atoms with Crippen LogP contribution in [0.5, 0.6) is 17.2 Å². The van der Waals surface area contributed by atoms with Gasteiger partial charge in [0.25, 0.3) is 0 Å². The molecule has 0 radical (unpaired) electrons. The van der Waals surface area contributed by atoms with Crippen molar-refractivity contribution in [2.75, 3.05) is 52.0 Å². The summed E-state index contributed by atoms with van der Waals surface area (Å²) in [6.45, 7) is 5.39. The first-order chi connectivity index (χ1) is 15.7. The molecular weight excluding hydrogens is 408 g/mol. The van der Waals surface area contributed by atoms with Crippen LogP contribution in [-0.4, -0.2) is 64.2 Å². The van der Waals surface area contributed by atoms with E-state index < -0.39 is 0 Å². The highest BCUT2D eigenvalue weighted by atomic mass is 16.5. The maximum Gasteiger partial charge on any atom is 0.191 e. The fourth-order valence-corrected chi connectivity index (χ4v) is 3.76. The molecule has 0 aliphatic carbocycles. The van der Waals surface area contributed by atoms with Crippen molar-refractivity contribution in [2.45, 2.75) is 25.9 Å². The fraction of sp³-hybridized carbons (Fsp3) is 0.458. The van der Waals surface area contributed by atoms with E-state index in [0.29, 0.717) is 24.1 Å². The number of hydrogen-bond donors (Lipinski definition) is 3. The quantitative estimate of drug-likeness (QED) is 0.385. The molecule has 1 aliphatic rings. The van der Waals surface area contributed by atoms with E-state index >= 15 is 0 Å². The molecule has 0 bridgehead atoms. The highest BCUT2D eigenvalue weighted by Crippen LogP contribution is 2.30. The first kappa shape index (κ1) is 23.5. The minimum absolute atomic E-state index is 0.0391. The molecule has 1 fully saturated rings. The zero-order chi connectivity index (χ0) is 22.8. The molecule has 3 rings (SSSR count). The lowest BCUT2D eigenvalue weighted by Crippen LogP contribution is -2.44. The number of hydrogen-bond acceptors (Lipinski definition) is 6. The summed E-state index contributed by atoms with van der Waals surface area (Å²) in [5, 5.41) is 15.9. The molecule has 0 aromatic heterocycles. The number of nitrogens with zero attached hydrogens (tertiary/aromatic N) is 2. The fourth-order valence-electron chi connectivity index (χ4n) is 3.76. The van der Waals surface area contributed by atoms with E-state index in [4.69, 9.17) is 24.3 Å². The molecule has 8 heteroatoms. The lowest BCUT2D eigenvalue weighted by molar-refractivity contribution is 0.196. The summed E-state index contributed by atoms with van der Waals surface area (Å²) in [4.78, 5) is 7.10. The molecule has 1 atom stereocenters. The van der Waals surface area contributed by atoms with Gasteiger partial charge in [0.1, 0.15) is 12.4 Å². The zero-order valence-corrected chi connectivity index (χ0v) is 19.1. The van der Waals surface area contributed by atoms with Gasteiger partial charge in [0.05, 0.1) is 33.1 Å². The number of aliphatic imine (C=N–C) groups is 1. The van der Waals surface area contributed by atoms with Crippen molar-refractivity contribution in [3.63, 3.8) is 0 Å². The summed E-state index contributed by atoms with van der Waals surface area (Å²) in [5.41, 5.74) is 2.13. The number of ether oxygens (including phenoxy) is 3. The highest BCUT2D eigenvalue weighted by Gasteiger charge is 2.25. The second-order valence-corrected chi connectivity index (χ2v) is 7.50. The van der Waals surface area contributed by atoms with Crippen molar-refractivity contribution in [3.05, 3.63) is 48.0 Å². The normalized spacial score (nSPS) is 16.1. The molecular formula is C24H34N4O4. The Morgan fingerprint density at radius 1 is 1.12 bits per heavy atom. The maximum absolute atomic E-state index is 8.96. The van der Waals surface area contributed by atoms with Gasteiger partial charge in [-0.2, -0.15) is 0 Å². The van der Waals surface area contributed by atoms with Crippen LogP contribution in [0.2, 0.25) is 0 Å². The van der Waals surface area contributed by atoms with Crippen LogP contribution in [0.4, 0.5) is 5.69 Å². The van der Waals surface area contributed by atoms with E-state index in [1.54, 1.807) is 14.2 Å². The number of anilines is 1. The predicted octanol–water partition coefficient (Wildman–Crippen LogP) is 2.41. The molecule has 2 aromatic carbocycles. The van der Waals surface area contributed by atoms with Gasteiger partial charge in [0, 0.05) is 25.7 Å². The zero-order valence-electron chi connectivity index (χ0n) is 19.1. The molecule has 8 nitrogen and oxygen atoms in total. The number of aliphatic hydroxyl groups is 1. The van der Waals surface area contributed by atoms with Crippen molar-refractivity contribution in [1.82, 2.24) is 10.6 Å². The topological polar surface area (TPSA) is 87.6 Å². The van der Waals surface area contributed by atoms with E-state index in [0.717, 1.165) is 49.0 Å². The largest absolute Gasteiger partial charge is 0.495 e. The van der Waals surface area contributed by atoms with Crippen molar-refractivity contribution in [3.8, 4) is 17.2 Å². The Bertz CT molecular complexity index is 890. The van der Waals surface area contributed by atoms with E-state index in [2.05, 4.69) is 28.5 Å². The third-order valence-electron chi connectivity index (χ3n) is 5.30. The van der Waals surface area contributed by atoms with E-state index in [-0.39, 0.29) is 13.2 Å². The van der Waals surface area contributed by atoms with Gasteiger partial charge in [-0.3, -0.25) is 0 Å². The van der Waals surface area contributed by atoms with Gasteiger partial charge in [-0.1, -0.05) is 18.2 Å². The Hall–Kier alpha value is -3.13. The van der Waals surface area contributed by atoms with Gasteiger partial charge in [0.2, 0.25) is 0 Å². The van der Waals surface area contributed by atoms with Gasteiger partial charge in [-0.25, -0.2) is 4.99 Å². The molecule has 1 saturated heterocycles. The number of methoxy groups -OCH3 is 2. The average molecular weight is 443 g/mol. The van der Waals surface area contributed by atoms with Crippen LogP contribution in [0.3, 0.4) is 0 Å². The first-order valence-corrected chi connectivity index (χ1v) is 11.0. The van der Waals surface area contributed by atoms with Crippen LogP contribution in [0.15, 0.2) is 47.5 Å². The van der Waals surface area contributed by atoms with Gasteiger partial charge >= 0.3 is 0 Å². The van der Waals surface area contributed by atoms with Crippen LogP contribution >= 0.6 is 0 Å². The van der Waals surface area contributed by atoms with Crippen LogP contribution in [0, 0.1) is 0 Å². The summed E-state index contributed by atoms with van der Waals surface area (Å²) >= 11 is 0. The van der Waals surface area contributed by atoms with Crippen LogP contribution in [0.25, 0.3) is 0 Å². The molecule has 32 heavy (non-hydrogen) atoms. The van der Waals surface area contributed by atoms with E-state index in [1.807, 2.05) is 36.4 Å². The first-order valence-electron chi connectivity index (χ1n) is 11.0. The number of rotatable bonds is 10. The second kappa shape index (κ2) is 12.0. The molecule has 1 heterocycles. The Morgan fingerprint density at radius 2 is 1.94 bits per heavy atom. The van der Waals surface area contributed by atoms with Gasteiger partial charge in [-0.05, 0) is 43.2 Å². The number of aliphatic hydroxyl groups excluding tert-OH is 1. The second-order valence-electron chi connectivity index (χ2n) is 7.50. The molecule has 3 N–H and O–H groups in total. The minimum Gasteiger partial charge on any atom is -0.495 e. The third-order valence-corrected chi connectivity index (χ3v) is 5.30. The lowest BCUT2D eigenvalue weighted by Gasteiger charge is -2.22. The Morgan fingerprint density at radius 3 is 2.69 bits per heavy atom. The maximum atomic E-state index is 8.96. The summed E-state index contributed by atoms with van der Waals surface area (Å²) in [6, 6.07) is 14.1. The molecule has 1 unspecified atom stereocenters. The van der Waals surface area contributed by atoms with Gasteiger partial charge in [0.15, 0.2) is 17.5 Å².